The Hall–Kier alpha value is -2.34. The lowest BCUT2D eigenvalue weighted by molar-refractivity contribution is -0.113. The minimum Gasteiger partial charge on any atom is -0.457 e. The third kappa shape index (κ3) is 4.64. The molecule has 4 rings (SSSR count). The van der Waals surface area contributed by atoms with Gasteiger partial charge in [-0.15, -0.1) is 0 Å². The molecule has 1 amide bonds. The Labute approximate surface area is 182 Å². The maximum absolute atomic E-state index is 12.4. The first kappa shape index (κ1) is 20.0. The Morgan fingerprint density at radius 3 is 2.76 bits per heavy atom. The minimum absolute atomic E-state index is 0.226. The lowest BCUT2D eigenvalue weighted by Crippen LogP contribution is -2.47. The van der Waals surface area contributed by atoms with Gasteiger partial charge in [0.15, 0.2) is 5.17 Å². The van der Waals surface area contributed by atoms with Gasteiger partial charge >= 0.3 is 0 Å². The van der Waals surface area contributed by atoms with E-state index in [-0.39, 0.29) is 5.91 Å². The van der Waals surface area contributed by atoms with Crippen molar-refractivity contribution in [1.29, 1.82) is 5.26 Å². The number of rotatable bonds is 4. The number of piperazine rings is 1. The zero-order chi connectivity index (χ0) is 20.2. The number of nitriles is 1. The monoisotopic (exact) mass is 470 g/mol. The van der Waals surface area contributed by atoms with Gasteiger partial charge in [-0.05, 0) is 30.0 Å². The number of hydrogen-bond acceptors (Lipinski definition) is 6. The minimum atomic E-state index is -0.226. The Morgan fingerprint density at radius 1 is 1.21 bits per heavy atom. The quantitative estimate of drug-likeness (QED) is 0.623. The number of amides is 1. The summed E-state index contributed by atoms with van der Waals surface area (Å²) in [5, 5.41) is 9.47. The van der Waals surface area contributed by atoms with Gasteiger partial charge in [0.05, 0.1) is 11.0 Å². The summed E-state index contributed by atoms with van der Waals surface area (Å²) < 4.78 is 6.88. The molecule has 2 aliphatic heterocycles. The highest BCUT2D eigenvalue weighted by Crippen LogP contribution is 2.33. The van der Waals surface area contributed by atoms with Crippen LogP contribution in [-0.2, 0) is 4.79 Å². The van der Waals surface area contributed by atoms with Crippen LogP contribution in [0.1, 0.15) is 12.2 Å². The van der Waals surface area contributed by atoms with Crippen molar-refractivity contribution < 1.29 is 9.21 Å². The van der Waals surface area contributed by atoms with Gasteiger partial charge < -0.3 is 9.32 Å². The molecule has 1 aromatic carbocycles. The molecule has 0 unspecified atom stereocenters. The van der Waals surface area contributed by atoms with Gasteiger partial charge in [-0.3, -0.25) is 9.69 Å². The molecule has 29 heavy (non-hydrogen) atoms. The molecule has 1 aromatic heterocycles. The summed E-state index contributed by atoms with van der Waals surface area (Å²) in [4.78, 5) is 21.6. The SMILES string of the molecule is N#CCCN1CCN(C2=NC(=O)C(=Cc3ccc(-c4ccccc4Br)o3)S2)CC1. The Bertz CT molecular complexity index is 1020. The fraction of sp³-hybridized carbons (Fsp3) is 0.286. The van der Waals surface area contributed by atoms with E-state index in [4.69, 9.17) is 9.68 Å². The third-order valence-electron chi connectivity index (χ3n) is 4.83. The number of nitrogens with zero attached hydrogens (tertiary/aromatic N) is 4. The second kappa shape index (κ2) is 8.99. The van der Waals surface area contributed by atoms with Gasteiger partial charge in [0.2, 0.25) is 0 Å². The number of thioether (sulfide) groups is 1. The second-order valence-electron chi connectivity index (χ2n) is 6.73. The molecule has 8 heteroatoms. The molecule has 0 spiro atoms. The largest absolute Gasteiger partial charge is 0.457 e. The Kier molecular flexibility index (Phi) is 6.19. The van der Waals surface area contributed by atoms with E-state index in [0.717, 1.165) is 53.7 Å². The molecule has 2 aromatic rings. The van der Waals surface area contributed by atoms with Crippen LogP contribution < -0.4 is 0 Å². The first-order valence-corrected chi connectivity index (χ1v) is 11.0. The van der Waals surface area contributed by atoms with Crippen LogP contribution in [0.4, 0.5) is 0 Å². The Balaban J connectivity index is 1.41. The van der Waals surface area contributed by atoms with E-state index in [9.17, 15) is 4.79 Å². The molecule has 3 heterocycles. The highest BCUT2D eigenvalue weighted by Gasteiger charge is 2.28. The van der Waals surface area contributed by atoms with Crippen molar-refractivity contribution in [2.75, 3.05) is 32.7 Å². The predicted octanol–water partition coefficient (Wildman–Crippen LogP) is 4.21. The highest BCUT2D eigenvalue weighted by atomic mass is 79.9. The first-order chi connectivity index (χ1) is 14.1. The number of carbonyl (C=O) groups excluding carboxylic acids is 1. The average Bonchev–Trinajstić information content (AvgIpc) is 3.34. The lowest BCUT2D eigenvalue weighted by atomic mass is 10.2. The number of aliphatic imine (C=N–C) groups is 1. The van der Waals surface area contributed by atoms with Crippen LogP contribution >= 0.6 is 27.7 Å². The van der Waals surface area contributed by atoms with E-state index >= 15 is 0 Å². The van der Waals surface area contributed by atoms with Gasteiger partial charge in [-0.2, -0.15) is 10.3 Å². The maximum Gasteiger partial charge on any atom is 0.286 e. The molecule has 1 saturated heterocycles. The van der Waals surface area contributed by atoms with E-state index in [1.54, 1.807) is 6.08 Å². The summed E-state index contributed by atoms with van der Waals surface area (Å²) in [7, 11) is 0. The van der Waals surface area contributed by atoms with E-state index in [0.29, 0.717) is 17.1 Å². The van der Waals surface area contributed by atoms with Crippen molar-refractivity contribution in [3.05, 3.63) is 51.5 Å². The average molecular weight is 471 g/mol. The van der Waals surface area contributed by atoms with Crippen LogP contribution in [0.15, 0.2) is 55.2 Å². The molecular formula is C21H19BrN4O2S. The maximum atomic E-state index is 12.4. The highest BCUT2D eigenvalue weighted by molar-refractivity contribution is 9.10. The number of furan rings is 1. The lowest BCUT2D eigenvalue weighted by Gasteiger charge is -2.34. The molecule has 0 N–H and O–H groups in total. The molecule has 1 fully saturated rings. The topological polar surface area (TPSA) is 72.8 Å². The van der Waals surface area contributed by atoms with E-state index in [1.165, 1.54) is 11.8 Å². The van der Waals surface area contributed by atoms with Gasteiger partial charge in [0.25, 0.3) is 5.91 Å². The first-order valence-electron chi connectivity index (χ1n) is 9.35. The molecule has 0 bridgehead atoms. The van der Waals surface area contributed by atoms with Crippen molar-refractivity contribution in [3.63, 3.8) is 0 Å². The van der Waals surface area contributed by atoms with Crippen LogP contribution in [0.25, 0.3) is 17.4 Å². The smallest absolute Gasteiger partial charge is 0.286 e. The zero-order valence-electron chi connectivity index (χ0n) is 15.7. The van der Waals surface area contributed by atoms with Crippen LogP contribution in [0.5, 0.6) is 0 Å². The van der Waals surface area contributed by atoms with Crippen molar-refractivity contribution in [1.82, 2.24) is 9.80 Å². The number of benzene rings is 1. The predicted molar refractivity (Wildman–Crippen MR) is 118 cm³/mol. The molecule has 0 aliphatic carbocycles. The zero-order valence-corrected chi connectivity index (χ0v) is 18.1. The van der Waals surface area contributed by atoms with Gasteiger partial charge in [0.1, 0.15) is 11.5 Å². The van der Waals surface area contributed by atoms with E-state index in [1.807, 2.05) is 36.4 Å². The van der Waals surface area contributed by atoms with Gasteiger partial charge in [0, 0.05) is 55.3 Å². The van der Waals surface area contributed by atoms with Crippen LogP contribution in [0, 0.1) is 11.3 Å². The standard InChI is InChI=1S/C21H19BrN4O2S/c22-17-5-2-1-4-16(17)18-7-6-15(28-18)14-19-20(27)24-21(29-19)26-12-10-25(11-13-26)9-3-8-23/h1-2,4-7,14H,3,9-13H2. The summed E-state index contributed by atoms with van der Waals surface area (Å²) in [5.41, 5.74) is 0.966. The van der Waals surface area contributed by atoms with Crippen molar-refractivity contribution in [3.8, 4) is 17.4 Å². The molecule has 2 aliphatic rings. The fourth-order valence-electron chi connectivity index (χ4n) is 3.27. The summed E-state index contributed by atoms with van der Waals surface area (Å²) in [5.74, 6) is 1.15. The molecule has 0 saturated carbocycles. The summed E-state index contributed by atoms with van der Waals surface area (Å²) in [6, 6.07) is 13.8. The molecule has 148 valence electrons. The van der Waals surface area contributed by atoms with Gasteiger partial charge in [-0.1, -0.05) is 34.1 Å². The fourth-order valence-corrected chi connectivity index (χ4v) is 4.69. The number of hydrogen-bond donors (Lipinski definition) is 0. The third-order valence-corrected chi connectivity index (χ3v) is 6.57. The Morgan fingerprint density at radius 2 is 2.00 bits per heavy atom. The molecule has 6 nitrogen and oxygen atoms in total. The van der Waals surface area contributed by atoms with Crippen molar-refractivity contribution in [2.45, 2.75) is 6.42 Å². The normalized spacial score (nSPS) is 18.9. The summed E-state index contributed by atoms with van der Waals surface area (Å²) >= 11 is 4.93. The van der Waals surface area contributed by atoms with Crippen LogP contribution in [0.2, 0.25) is 0 Å². The molecular weight excluding hydrogens is 452 g/mol. The summed E-state index contributed by atoms with van der Waals surface area (Å²) in [6.45, 7) is 4.17. The van der Waals surface area contributed by atoms with E-state index < -0.39 is 0 Å². The summed E-state index contributed by atoms with van der Waals surface area (Å²) in [6.07, 6.45) is 2.30. The number of amidine groups is 1. The number of carbonyl (C=O) groups is 1. The molecule has 0 radical (unpaired) electrons. The van der Waals surface area contributed by atoms with Gasteiger partial charge in [-0.25, -0.2) is 0 Å². The molecule has 0 atom stereocenters. The van der Waals surface area contributed by atoms with Crippen LogP contribution in [0.3, 0.4) is 0 Å². The van der Waals surface area contributed by atoms with Crippen molar-refractivity contribution in [2.24, 2.45) is 4.99 Å². The van der Waals surface area contributed by atoms with E-state index in [2.05, 4.69) is 36.8 Å². The van der Waals surface area contributed by atoms with Crippen LogP contribution in [-0.4, -0.2) is 53.6 Å². The second-order valence-corrected chi connectivity index (χ2v) is 8.59. The number of halogens is 1. The van der Waals surface area contributed by atoms with Crippen molar-refractivity contribution >= 4 is 44.8 Å².